The van der Waals surface area contributed by atoms with Gasteiger partial charge < -0.3 is 25.2 Å². The summed E-state index contributed by atoms with van der Waals surface area (Å²) in [7, 11) is 0. The summed E-state index contributed by atoms with van der Waals surface area (Å²) in [6.07, 6.45) is -0.594. The number of hydrogen-bond acceptors (Lipinski definition) is 6. The molecule has 2 aliphatic heterocycles. The van der Waals surface area contributed by atoms with Gasteiger partial charge in [-0.25, -0.2) is 9.79 Å². The maximum Gasteiger partial charge on any atom is 0.408 e. The SMILES string of the molecule is CC(C)(C)OC(=O)NCC(=O)N1CCN(C2=Nc3cc(Cl)ccc3Nc3ccccc32)CC1. The minimum Gasteiger partial charge on any atom is -0.444 e. The van der Waals surface area contributed by atoms with Crippen LogP contribution in [-0.2, 0) is 9.53 Å². The molecule has 0 aliphatic carbocycles. The van der Waals surface area contributed by atoms with Crippen LogP contribution in [0, 0.1) is 0 Å². The third kappa shape index (κ3) is 5.57. The van der Waals surface area contributed by atoms with Crippen LogP contribution in [0.25, 0.3) is 0 Å². The number of piperazine rings is 1. The maximum absolute atomic E-state index is 12.6. The number of rotatable bonds is 2. The van der Waals surface area contributed by atoms with E-state index < -0.39 is 11.7 Å². The number of para-hydroxylation sites is 1. The summed E-state index contributed by atoms with van der Waals surface area (Å²) < 4.78 is 5.19. The predicted molar refractivity (Wildman–Crippen MR) is 130 cm³/mol. The number of carbonyl (C=O) groups excluding carboxylic acids is 2. The molecule has 0 bridgehead atoms. The summed E-state index contributed by atoms with van der Waals surface area (Å²) in [5.41, 5.74) is 3.03. The highest BCUT2D eigenvalue weighted by Crippen LogP contribution is 2.36. The summed E-state index contributed by atoms with van der Waals surface area (Å²) >= 11 is 6.22. The third-order valence-electron chi connectivity index (χ3n) is 5.34. The minimum atomic E-state index is -0.605. The van der Waals surface area contributed by atoms with E-state index in [-0.39, 0.29) is 12.5 Å². The fraction of sp³-hybridized carbons (Fsp3) is 0.375. The van der Waals surface area contributed by atoms with Gasteiger partial charge in [-0.2, -0.15) is 0 Å². The van der Waals surface area contributed by atoms with Crippen molar-refractivity contribution in [3.05, 3.63) is 53.1 Å². The van der Waals surface area contributed by atoms with Gasteiger partial charge in [0.25, 0.3) is 0 Å². The van der Waals surface area contributed by atoms with Crippen molar-refractivity contribution in [2.75, 3.05) is 38.0 Å². The molecule has 0 atom stereocenters. The number of nitrogens with zero attached hydrogens (tertiary/aromatic N) is 3. The van der Waals surface area contributed by atoms with Gasteiger partial charge in [-0.1, -0.05) is 23.7 Å². The van der Waals surface area contributed by atoms with Crippen LogP contribution in [0.1, 0.15) is 26.3 Å². The largest absolute Gasteiger partial charge is 0.444 e. The molecular formula is C24H28ClN5O3. The normalized spacial score (nSPS) is 15.5. The van der Waals surface area contributed by atoms with Crippen LogP contribution in [0.2, 0.25) is 5.02 Å². The molecule has 4 rings (SSSR count). The van der Waals surface area contributed by atoms with Crippen molar-refractivity contribution in [2.45, 2.75) is 26.4 Å². The van der Waals surface area contributed by atoms with Crippen LogP contribution < -0.4 is 10.6 Å². The molecule has 2 aromatic carbocycles. The first-order valence-electron chi connectivity index (χ1n) is 10.9. The van der Waals surface area contributed by atoms with Gasteiger partial charge in [0.1, 0.15) is 18.0 Å². The van der Waals surface area contributed by atoms with Gasteiger partial charge in [0.15, 0.2) is 0 Å². The van der Waals surface area contributed by atoms with Gasteiger partial charge in [-0.05, 0) is 51.1 Å². The summed E-state index contributed by atoms with van der Waals surface area (Å²) in [5, 5.41) is 6.61. The summed E-state index contributed by atoms with van der Waals surface area (Å²) in [5.74, 6) is 0.709. The van der Waals surface area contributed by atoms with Crippen LogP contribution >= 0.6 is 11.6 Å². The van der Waals surface area contributed by atoms with E-state index in [0.717, 1.165) is 28.5 Å². The van der Waals surface area contributed by atoms with Crippen LogP contribution in [0.5, 0.6) is 0 Å². The second-order valence-corrected chi connectivity index (χ2v) is 9.43. The molecule has 0 radical (unpaired) electrons. The molecule has 0 saturated carbocycles. The second kappa shape index (κ2) is 9.31. The number of hydrogen-bond donors (Lipinski definition) is 2. The number of nitrogens with one attached hydrogen (secondary N) is 2. The number of amidine groups is 1. The van der Waals surface area contributed by atoms with E-state index in [0.29, 0.717) is 31.2 Å². The van der Waals surface area contributed by atoms with E-state index in [2.05, 4.69) is 15.5 Å². The Bertz CT molecular complexity index is 1090. The molecule has 2 heterocycles. The number of fused-ring (bicyclic) bond motifs is 2. The number of alkyl carbamates (subject to hydrolysis) is 1. The number of aliphatic imine (C=N–C) groups is 1. The van der Waals surface area contributed by atoms with Crippen molar-refractivity contribution in [1.82, 2.24) is 15.1 Å². The molecule has 2 amide bonds. The molecule has 2 N–H and O–H groups in total. The summed E-state index contributed by atoms with van der Waals surface area (Å²) in [6, 6.07) is 13.6. The highest BCUT2D eigenvalue weighted by Gasteiger charge is 2.27. The zero-order valence-electron chi connectivity index (χ0n) is 19.0. The number of benzene rings is 2. The van der Waals surface area contributed by atoms with Crippen molar-refractivity contribution in [2.24, 2.45) is 4.99 Å². The van der Waals surface area contributed by atoms with Gasteiger partial charge in [-0.15, -0.1) is 0 Å². The molecule has 1 saturated heterocycles. The Morgan fingerprint density at radius 2 is 1.82 bits per heavy atom. The smallest absolute Gasteiger partial charge is 0.408 e. The van der Waals surface area contributed by atoms with E-state index in [1.54, 1.807) is 25.7 Å². The monoisotopic (exact) mass is 469 g/mol. The van der Waals surface area contributed by atoms with Gasteiger partial charge in [0.05, 0.1) is 11.4 Å². The first kappa shape index (κ1) is 22.9. The Morgan fingerprint density at radius 3 is 2.55 bits per heavy atom. The summed E-state index contributed by atoms with van der Waals surface area (Å²) in [6.45, 7) is 7.58. The average molecular weight is 470 g/mol. The van der Waals surface area contributed by atoms with E-state index in [1.165, 1.54) is 0 Å². The Balaban J connectivity index is 1.44. The first-order chi connectivity index (χ1) is 15.7. The van der Waals surface area contributed by atoms with Crippen molar-refractivity contribution >= 4 is 46.5 Å². The van der Waals surface area contributed by atoms with Gasteiger partial charge >= 0.3 is 6.09 Å². The van der Waals surface area contributed by atoms with E-state index in [4.69, 9.17) is 21.3 Å². The molecule has 2 aromatic rings. The fourth-order valence-electron chi connectivity index (χ4n) is 3.79. The quantitative estimate of drug-likeness (QED) is 0.690. The highest BCUT2D eigenvalue weighted by molar-refractivity contribution is 6.31. The lowest BCUT2D eigenvalue weighted by Crippen LogP contribution is -2.53. The molecule has 2 aliphatic rings. The number of anilines is 2. The zero-order valence-corrected chi connectivity index (χ0v) is 19.8. The number of ether oxygens (including phenoxy) is 1. The Hall–Kier alpha value is -3.26. The van der Waals surface area contributed by atoms with Crippen molar-refractivity contribution < 1.29 is 14.3 Å². The molecule has 33 heavy (non-hydrogen) atoms. The Morgan fingerprint density at radius 1 is 1.09 bits per heavy atom. The van der Waals surface area contributed by atoms with Crippen LogP contribution in [0.3, 0.4) is 0 Å². The zero-order chi connectivity index (χ0) is 23.6. The highest BCUT2D eigenvalue weighted by atomic mass is 35.5. The molecule has 9 heteroatoms. The van der Waals surface area contributed by atoms with E-state index >= 15 is 0 Å². The van der Waals surface area contributed by atoms with Crippen molar-refractivity contribution in [1.29, 1.82) is 0 Å². The molecule has 174 valence electrons. The van der Waals surface area contributed by atoms with Gasteiger partial charge in [0, 0.05) is 42.5 Å². The lowest BCUT2D eigenvalue weighted by atomic mass is 10.1. The molecule has 0 unspecified atom stereocenters. The number of amides is 2. The molecule has 0 aromatic heterocycles. The number of carbonyl (C=O) groups is 2. The van der Waals surface area contributed by atoms with Crippen molar-refractivity contribution in [3.8, 4) is 0 Å². The Labute approximate surface area is 198 Å². The fourth-order valence-corrected chi connectivity index (χ4v) is 3.96. The topological polar surface area (TPSA) is 86.3 Å². The lowest BCUT2D eigenvalue weighted by Gasteiger charge is -2.36. The summed E-state index contributed by atoms with van der Waals surface area (Å²) in [4.78, 5) is 33.3. The number of halogens is 1. The van der Waals surface area contributed by atoms with E-state index in [1.807, 2.05) is 42.5 Å². The average Bonchev–Trinajstić information content (AvgIpc) is 2.93. The third-order valence-corrected chi connectivity index (χ3v) is 5.57. The van der Waals surface area contributed by atoms with E-state index in [9.17, 15) is 9.59 Å². The molecule has 1 fully saturated rings. The minimum absolute atomic E-state index is 0.0888. The molecular weight excluding hydrogens is 442 g/mol. The lowest BCUT2D eigenvalue weighted by molar-refractivity contribution is -0.131. The van der Waals surface area contributed by atoms with Gasteiger partial charge in [-0.3, -0.25) is 4.79 Å². The van der Waals surface area contributed by atoms with Gasteiger partial charge in [0.2, 0.25) is 5.91 Å². The second-order valence-electron chi connectivity index (χ2n) is 8.99. The predicted octanol–water partition coefficient (Wildman–Crippen LogP) is 4.14. The first-order valence-corrected chi connectivity index (χ1v) is 11.3. The van der Waals surface area contributed by atoms with Crippen LogP contribution in [0.15, 0.2) is 47.5 Å². The maximum atomic E-state index is 12.6. The molecule has 8 nitrogen and oxygen atoms in total. The standard InChI is InChI=1S/C24H28ClN5O3/c1-24(2,3)33-23(32)26-15-21(31)29-10-12-30(13-11-29)22-17-6-4-5-7-18(17)27-19-9-8-16(25)14-20(19)28-22/h4-9,14,27H,10-13,15H2,1-3H3,(H,26,32). The van der Waals surface area contributed by atoms with Crippen molar-refractivity contribution in [3.63, 3.8) is 0 Å². The van der Waals surface area contributed by atoms with Crippen LogP contribution in [0.4, 0.5) is 21.9 Å². The Kier molecular flexibility index (Phi) is 6.47. The molecule has 0 spiro atoms. The van der Waals surface area contributed by atoms with Crippen LogP contribution in [-0.4, -0.2) is 66.0 Å².